The van der Waals surface area contributed by atoms with Gasteiger partial charge in [-0.3, -0.25) is 0 Å². The second-order valence-corrected chi connectivity index (χ2v) is 8.76. The van der Waals surface area contributed by atoms with Gasteiger partial charge in [-0.25, -0.2) is 18.4 Å². The van der Waals surface area contributed by atoms with Crippen molar-refractivity contribution in [1.82, 2.24) is 19.7 Å². The highest BCUT2D eigenvalue weighted by molar-refractivity contribution is 5.63. The van der Waals surface area contributed by atoms with Crippen molar-refractivity contribution >= 4 is 0 Å². The topological polar surface area (TPSA) is 46.5 Å². The summed E-state index contributed by atoms with van der Waals surface area (Å²) in [4.78, 5) is 7.98. The summed E-state index contributed by atoms with van der Waals surface area (Å²) in [6.45, 7) is 6.38. The highest BCUT2D eigenvalue weighted by Crippen LogP contribution is 2.56. The van der Waals surface area contributed by atoms with Gasteiger partial charge in [0, 0.05) is 34.9 Å². The Morgan fingerprint density at radius 1 is 1.15 bits per heavy atom. The minimum atomic E-state index is -0.593. The number of hydrogen-bond donors (Lipinski definition) is 1. The van der Waals surface area contributed by atoms with Crippen LogP contribution in [0.5, 0.6) is 0 Å². The summed E-state index contributed by atoms with van der Waals surface area (Å²) < 4.78 is 29.6. The number of nitrogens with zero attached hydrogens (tertiary/aromatic N) is 3. The summed E-state index contributed by atoms with van der Waals surface area (Å²) in [6.07, 6.45) is 5.16. The van der Waals surface area contributed by atoms with Gasteiger partial charge in [-0.15, -0.1) is 0 Å². The lowest BCUT2D eigenvalue weighted by molar-refractivity contribution is 0.566. The zero-order chi connectivity index (χ0) is 18.9. The van der Waals surface area contributed by atoms with Gasteiger partial charge in [0.05, 0.1) is 5.69 Å². The number of hydrogen-bond acceptors (Lipinski definition) is 2. The normalized spacial score (nSPS) is 21.1. The van der Waals surface area contributed by atoms with Crippen molar-refractivity contribution in [3.8, 4) is 17.2 Å². The number of fused-ring (bicyclic) bond motifs is 5. The van der Waals surface area contributed by atoms with Crippen molar-refractivity contribution in [2.45, 2.75) is 57.3 Å². The Labute approximate surface area is 156 Å². The number of nitrogens with one attached hydrogen (secondary N) is 1. The first kappa shape index (κ1) is 16.7. The Morgan fingerprint density at radius 2 is 1.93 bits per heavy atom. The van der Waals surface area contributed by atoms with Crippen molar-refractivity contribution in [3.05, 3.63) is 53.0 Å². The lowest BCUT2D eigenvalue weighted by Gasteiger charge is -2.15. The Bertz CT molecular complexity index is 1040. The van der Waals surface area contributed by atoms with E-state index in [4.69, 9.17) is 5.10 Å². The molecule has 1 N–H and O–H groups in total. The number of aromatic nitrogens is 4. The molecule has 1 saturated carbocycles. The van der Waals surface area contributed by atoms with Crippen LogP contribution in [-0.2, 0) is 5.41 Å². The van der Waals surface area contributed by atoms with E-state index >= 15 is 0 Å². The quantitative estimate of drug-likeness (QED) is 0.675. The number of benzene rings is 1. The summed E-state index contributed by atoms with van der Waals surface area (Å²) >= 11 is 0. The predicted octanol–water partition coefficient (Wildman–Crippen LogP) is 5.20. The van der Waals surface area contributed by atoms with Gasteiger partial charge in [0.2, 0.25) is 0 Å². The molecular formula is C21H22F2N4. The van der Waals surface area contributed by atoms with Crippen LogP contribution in [-0.4, -0.2) is 19.7 Å². The first-order valence-corrected chi connectivity index (χ1v) is 9.47. The Hall–Kier alpha value is -2.50. The van der Waals surface area contributed by atoms with E-state index in [9.17, 15) is 8.78 Å². The first-order valence-electron chi connectivity index (χ1n) is 9.47. The Morgan fingerprint density at radius 3 is 2.63 bits per heavy atom. The molecule has 1 aromatic carbocycles. The van der Waals surface area contributed by atoms with Crippen LogP contribution in [0.4, 0.5) is 8.78 Å². The average molecular weight is 368 g/mol. The Balaban J connectivity index is 1.70. The van der Waals surface area contributed by atoms with E-state index in [0.29, 0.717) is 17.5 Å². The summed E-state index contributed by atoms with van der Waals surface area (Å²) in [5.41, 5.74) is 4.35. The third kappa shape index (κ3) is 2.46. The smallest absolute Gasteiger partial charge is 0.158 e. The molecule has 5 rings (SSSR count). The Kier molecular flexibility index (Phi) is 3.39. The molecule has 6 heteroatoms. The van der Waals surface area contributed by atoms with Crippen LogP contribution in [0, 0.1) is 11.6 Å². The van der Waals surface area contributed by atoms with Gasteiger partial charge in [-0.2, -0.15) is 5.10 Å². The molecular weight excluding hydrogens is 346 g/mol. The van der Waals surface area contributed by atoms with E-state index in [1.807, 2.05) is 6.20 Å². The van der Waals surface area contributed by atoms with E-state index in [1.165, 1.54) is 17.7 Å². The van der Waals surface area contributed by atoms with Gasteiger partial charge in [0.1, 0.15) is 17.2 Å². The van der Waals surface area contributed by atoms with Gasteiger partial charge in [0.25, 0.3) is 0 Å². The van der Waals surface area contributed by atoms with Crippen molar-refractivity contribution in [2.75, 3.05) is 0 Å². The van der Waals surface area contributed by atoms with Crippen LogP contribution in [0.25, 0.3) is 17.2 Å². The summed E-state index contributed by atoms with van der Waals surface area (Å²) in [6, 6.07) is 3.67. The molecule has 2 bridgehead atoms. The monoisotopic (exact) mass is 368 g/mol. The summed E-state index contributed by atoms with van der Waals surface area (Å²) in [5, 5.41) is 4.76. The third-order valence-electron chi connectivity index (χ3n) is 5.93. The SMILES string of the molecule is CC(C)(C)c1cnc(-c2nn(-c3ccc(F)cc3F)c3c2C2CCC3C2)[nH]1. The molecule has 0 radical (unpaired) electrons. The highest BCUT2D eigenvalue weighted by Gasteiger charge is 2.43. The van der Waals surface area contributed by atoms with Gasteiger partial charge in [-0.05, 0) is 37.3 Å². The maximum Gasteiger partial charge on any atom is 0.158 e. The van der Waals surface area contributed by atoms with Crippen LogP contribution in [0.2, 0.25) is 0 Å². The fourth-order valence-corrected chi connectivity index (χ4v) is 4.56. The maximum atomic E-state index is 14.5. The predicted molar refractivity (Wildman–Crippen MR) is 99.1 cm³/mol. The summed E-state index contributed by atoms with van der Waals surface area (Å²) in [5.74, 6) is 0.380. The van der Waals surface area contributed by atoms with Crippen molar-refractivity contribution in [2.24, 2.45) is 0 Å². The number of rotatable bonds is 2. The number of halogens is 2. The molecule has 0 amide bonds. The molecule has 3 aromatic rings. The molecule has 2 atom stereocenters. The third-order valence-corrected chi connectivity index (χ3v) is 5.93. The molecule has 2 aliphatic carbocycles. The van der Waals surface area contributed by atoms with Gasteiger partial charge in [-0.1, -0.05) is 20.8 Å². The zero-order valence-electron chi connectivity index (χ0n) is 15.7. The largest absolute Gasteiger partial charge is 0.340 e. The standard InChI is InChI=1S/C21H22F2N4/c1-21(2,3)16-10-24-20(25-16)18-17-11-4-5-12(8-11)19(17)27(26-18)15-7-6-13(22)9-14(15)23/h6-7,9-12H,4-5,8H2,1-3H3,(H,24,25). The van der Waals surface area contributed by atoms with Gasteiger partial charge >= 0.3 is 0 Å². The second kappa shape index (κ2) is 5.50. The molecule has 2 aromatic heterocycles. The fourth-order valence-electron chi connectivity index (χ4n) is 4.56. The fraction of sp³-hybridized carbons (Fsp3) is 0.429. The lowest BCUT2D eigenvalue weighted by atomic mass is 9.93. The van der Waals surface area contributed by atoms with E-state index in [2.05, 4.69) is 30.7 Å². The van der Waals surface area contributed by atoms with E-state index in [-0.39, 0.29) is 5.41 Å². The highest BCUT2D eigenvalue weighted by atomic mass is 19.1. The second-order valence-electron chi connectivity index (χ2n) is 8.76. The van der Waals surface area contributed by atoms with Gasteiger partial charge in [0.15, 0.2) is 11.6 Å². The first-order chi connectivity index (χ1) is 12.8. The van der Waals surface area contributed by atoms with E-state index < -0.39 is 11.6 Å². The van der Waals surface area contributed by atoms with Crippen molar-refractivity contribution in [1.29, 1.82) is 0 Å². The van der Waals surface area contributed by atoms with Crippen LogP contribution in [0.15, 0.2) is 24.4 Å². The van der Waals surface area contributed by atoms with E-state index in [0.717, 1.165) is 48.2 Å². The zero-order valence-corrected chi connectivity index (χ0v) is 15.7. The van der Waals surface area contributed by atoms with Gasteiger partial charge < -0.3 is 4.98 Å². The summed E-state index contributed by atoms with van der Waals surface area (Å²) in [7, 11) is 0. The number of aromatic amines is 1. The van der Waals surface area contributed by atoms with Crippen molar-refractivity contribution < 1.29 is 8.78 Å². The molecule has 0 spiro atoms. The van der Waals surface area contributed by atoms with Crippen LogP contribution in [0.1, 0.15) is 68.8 Å². The maximum absolute atomic E-state index is 14.5. The molecule has 4 nitrogen and oxygen atoms in total. The molecule has 2 unspecified atom stereocenters. The van der Waals surface area contributed by atoms with E-state index in [1.54, 1.807) is 4.68 Å². The average Bonchev–Trinajstić information content (AvgIpc) is 3.35. The number of H-pyrrole nitrogens is 1. The molecule has 0 saturated heterocycles. The number of imidazole rings is 1. The molecule has 140 valence electrons. The molecule has 1 fully saturated rings. The molecule has 0 aliphatic heterocycles. The molecule has 2 aliphatic rings. The molecule has 27 heavy (non-hydrogen) atoms. The molecule has 2 heterocycles. The van der Waals surface area contributed by atoms with Crippen LogP contribution < -0.4 is 0 Å². The lowest BCUT2D eigenvalue weighted by Crippen LogP contribution is -2.11. The minimum absolute atomic E-state index is 0.0426. The van der Waals surface area contributed by atoms with Crippen LogP contribution in [0.3, 0.4) is 0 Å². The van der Waals surface area contributed by atoms with Crippen LogP contribution >= 0.6 is 0 Å². The minimum Gasteiger partial charge on any atom is -0.340 e. The van der Waals surface area contributed by atoms with Crippen molar-refractivity contribution in [3.63, 3.8) is 0 Å².